The summed E-state index contributed by atoms with van der Waals surface area (Å²) in [5, 5.41) is 0. The quantitative estimate of drug-likeness (QED) is 0.832. The molecule has 4 nitrogen and oxygen atoms in total. The normalized spacial score (nSPS) is 15.8. The highest BCUT2D eigenvalue weighted by Crippen LogP contribution is 2.26. The number of hydrogen-bond donors (Lipinski definition) is 1. The Bertz CT molecular complexity index is 440. The zero-order valence-corrected chi connectivity index (χ0v) is 12.3. The fourth-order valence-electron chi connectivity index (χ4n) is 2.30. The minimum Gasteiger partial charge on any atom is -0.484 e. The van der Waals surface area contributed by atoms with E-state index >= 15 is 0 Å². The van der Waals surface area contributed by atoms with Crippen LogP contribution in [0.25, 0.3) is 0 Å². The van der Waals surface area contributed by atoms with Crippen LogP contribution in [0.5, 0.6) is 5.75 Å². The van der Waals surface area contributed by atoms with Gasteiger partial charge in [-0.3, -0.25) is 4.79 Å². The molecule has 20 heavy (non-hydrogen) atoms. The van der Waals surface area contributed by atoms with E-state index in [-0.39, 0.29) is 18.6 Å². The van der Waals surface area contributed by atoms with E-state index < -0.39 is 0 Å². The number of carbonyl (C=O) groups is 1. The molecule has 0 bridgehead atoms. The number of carbonyl (C=O) groups excluding carboxylic acids is 1. The molecule has 4 heteroatoms. The lowest BCUT2D eigenvalue weighted by Gasteiger charge is -2.20. The average Bonchev–Trinajstić information content (AvgIpc) is 3.30. The van der Waals surface area contributed by atoms with Crippen molar-refractivity contribution in [3.05, 3.63) is 29.8 Å². The summed E-state index contributed by atoms with van der Waals surface area (Å²) >= 11 is 0. The monoisotopic (exact) mass is 276 g/mol. The first-order valence-corrected chi connectivity index (χ1v) is 7.43. The molecule has 1 aromatic rings. The Morgan fingerprint density at radius 1 is 1.35 bits per heavy atom. The van der Waals surface area contributed by atoms with Crippen LogP contribution in [0, 0.1) is 0 Å². The van der Waals surface area contributed by atoms with E-state index in [0.29, 0.717) is 6.04 Å². The molecule has 0 saturated heterocycles. The van der Waals surface area contributed by atoms with Gasteiger partial charge in [0.25, 0.3) is 5.91 Å². The number of rotatable bonds is 7. The van der Waals surface area contributed by atoms with Crippen molar-refractivity contribution in [1.29, 1.82) is 0 Å². The summed E-state index contributed by atoms with van der Waals surface area (Å²) in [4.78, 5) is 13.9. The minimum atomic E-state index is 0.0659. The number of nitrogens with two attached hydrogens (primary N) is 1. The smallest absolute Gasteiger partial charge is 0.260 e. The summed E-state index contributed by atoms with van der Waals surface area (Å²) in [6, 6.07) is 8.20. The Kier molecular flexibility index (Phi) is 5.01. The van der Waals surface area contributed by atoms with Gasteiger partial charge in [-0.05, 0) is 43.9 Å². The second-order valence-electron chi connectivity index (χ2n) is 5.28. The maximum Gasteiger partial charge on any atom is 0.260 e. The zero-order valence-electron chi connectivity index (χ0n) is 12.3. The Balaban J connectivity index is 1.85. The summed E-state index contributed by atoms with van der Waals surface area (Å²) < 4.78 is 5.56. The molecule has 2 rings (SSSR count). The SMILES string of the molecule is CC[C@@H](N)c1ccc(OCC(=O)N(CC)C2CC2)cc1. The lowest BCUT2D eigenvalue weighted by atomic mass is 10.1. The molecular formula is C16H24N2O2. The number of amides is 1. The molecule has 1 aromatic carbocycles. The van der Waals surface area contributed by atoms with Crippen LogP contribution in [0.1, 0.15) is 44.7 Å². The van der Waals surface area contributed by atoms with Crippen LogP contribution in [0.3, 0.4) is 0 Å². The van der Waals surface area contributed by atoms with Crippen molar-refractivity contribution in [3.8, 4) is 5.75 Å². The van der Waals surface area contributed by atoms with Gasteiger partial charge in [0.15, 0.2) is 6.61 Å². The summed E-state index contributed by atoms with van der Waals surface area (Å²) in [5.41, 5.74) is 7.06. The molecule has 1 aliphatic rings. The molecule has 1 atom stereocenters. The highest BCUT2D eigenvalue weighted by atomic mass is 16.5. The van der Waals surface area contributed by atoms with Crippen LogP contribution >= 0.6 is 0 Å². The lowest BCUT2D eigenvalue weighted by molar-refractivity contribution is -0.133. The van der Waals surface area contributed by atoms with Gasteiger partial charge in [-0.25, -0.2) is 0 Å². The molecule has 1 saturated carbocycles. The zero-order chi connectivity index (χ0) is 14.5. The predicted molar refractivity (Wildman–Crippen MR) is 79.6 cm³/mol. The van der Waals surface area contributed by atoms with Crippen molar-refractivity contribution >= 4 is 5.91 Å². The van der Waals surface area contributed by atoms with Crippen molar-refractivity contribution in [2.24, 2.45) is 5.73 Å². The molecule has 0 unspecified atom stereocenters. The van der Waals surface area contributed by atoms with Gasteiger partial charge in [0.1, 0.15) is 5.75 Å². The van der Waals surface area contributed by atoms with E-state index in [9.17, 15) is 4.79 Å². The summed E-state index contributed by atoms with van der Waals surface area (Å²) in [5.74, 6) is 0.793. The number of likely N-dealkylation sites (N-methyl/N-ethyl adjacent to an activating group) is 1. The first kappa shape index (κ1) is 14.9. The Hall–Kier alpha value is -1.55. The van der Waals surface area contributed by atoms with Gasteiger partial charge in [-0.15, -0.1) is 0 Å². The summed E-state index contributed by atoms with van der Waals surface area (Å²) in [7, 11) is 0. The van der Waals surface area contributed by atoms with Crippen molar-refractivity contribution in [3.63, 3.8) is 0 Å². The van der Waals surface area contributed by atoms with Gasteiger partial charge < -0.3 is 15.4 Å². The van der Waals surface area contributed by atoms with Gasteiger partial charge in [0, 0.05) is 18.6 Å². The van der Waals surface area contributed by atoms with Crippen molar-refractivity contribution in [2.45, 2.75) is 45.2 Å². The molecule has 1 aliphatic carbocycles. The highest BCUT2D eigenvalue weighted by Gasteiger charge is 2.31. The first-order chi connectivity index (χ1) is 9.65. The number of benzene rings is 1. The van der Waals surface area contributed by atoms with Crippen LogP contribution in [-0.2, 0) is 4.79 Å². The topological polar surface area (TPSA) is 55.6 Å². The van der Waals surface area contributed by atoms with Gasteiger partial charge in [-0.2, -0.15) is 0 Å². The molecule has 0 aromatic heterocycles. The largest absolute Gasteiger partial charge is 0.484 e. The van der Waals surface area contributed by atoms with Crippen molar-refractivity contribution < 1.29 is 9.53 Å². The molecule has 1 amide bonds. The van der Waals surface area contributed by atoms with Gasteiger partial charge >= 0.3 is 0 Å². The van der Waals surface area contributed by atoms with E-state index in [2.05, 4.69) is 6.92 Å². The Labute approximate surface area is 120 Å². The molecule has 0 spiro atoms. The van der Waals surface area contributed by atoms with E-state index in [1.807, 2.05) is 36.1 Å². The van der Waals surface area contributed by atoms with Gasteiger partial charge in [-0.1, -0.05) is 19.1 Å². The maximum atomic E-state index is 12.0. The number of ether oxygens (including phenoxy) is 1. The van der Waals surface area contributed by atoms with Crippen molar-refractivity contribution in [2.75, 3.05) is 13.2 Å². The third kappa shape index (κ3) is 3.73. The van der Waals surface area contributed by atoms with Gasteiger partial charge in [0.05, 0.1) is 0 Å². The number of nitrogens with zero attached hydrogens (tertiary/aromatic N) is 1. The van der Waals surface area contributed by atoms with E-state index in [4.69, 9.17) is 10.5 Å². The molecule has 0 aliphatic heterocycles. The maximum absolute atomic E-state index is 12.0. The van der Waals surface area contributed by atoms with Gasteiger partial charge in [0.2, 0.25) is 0 Å². The lowest BCUT2D eigenvalue weighted by Crippen LogP contribution is -2.36. The standard InChI is InChI=1S/C16H24N2O2/c1-3-15(17)12-5-9-14(10-6-12)20-11-16(19)18(4-2)13-7-8-13/h5-6,9-10,13,15H,3-4,7-8,11,17H2,1-2H3/t15-/m1/s1. The fourth-order valence-corrected chi connectivity index (χ4v) is 2.30. The Morgan fingerprint density at radius 2 is 2.00 bits per heavy atom. The third-order valence-electron chi connectivity index (χ3n) is 3.76. The minimum absolute atomic E-state index is 0.0659. The molecule has 0 radical (unpaired) electrons. The van der Waals surface area contributed by atoms with Crippen LogP contribution in [-0.4, -0.2) is 30.0 Å². The third-order valence-corrected chi connectivity index (χ3v) is 3.76. The second kappa shape index (κ2) is 6.75. The summed E-state index contributed by atoms with van der Waals surface area (Å²) in [6.45, 7) is 4.95. The molecular weight excluding hydrogens is 252 g/mol. The Morgan fingerprint density at radius 3 is 2.50 bits per heavy atom. The fraction of sp³-hybridized carbons (Fsp3) is 0.562. The molecule has 1 fully saturated rings. The molecule has 2 N–H and O–H groups in total. The highest BCUT2D eigenvalue weighted by molar-refractivity contribution is 5.78. The van der Waals surface area contributed by atoms with Crippen LogP contribution < -0.4 is 10.5 Å². The second-order valence-corrected chi connectivity index (χ2v) is 5.28. The van der Waals surface area contributed by atoms with Crippen molar-refractivity contribution in [1.82, 2.24) is 4.90 Å². The van der Waals surface area contributed by atoms with E-state index in [1.165, 1.54) is 0 Å². The molecule has 0 heterocycles. The van der Waals surface area contributed by atoms with E-state index in [0.717, 1.165) is 37.1 Å². The average molecular weight is 276 g/mol. The van der Waals surface area contributed by atoms with Crippen LogP contribution in [0.15, 0.2) is 24.3 Å². The van der Waals surface area contributed by atoms with Crippen LogP contribution in [0.4, 0.5) is 0 Å². The summed E-state index contributed by atoms with van der Waals surface area (Å²) in [6.07, 6.45) is 3.16. The first-order valence-electron chi connectivity index (χ1n) is 7.43. The molecule has 110 valence electrons. The van der Waals surface area contributed by atoms with Crippen LogP contribution in [0.2, 0.25) is 0 Å². The predicted octanol–water partition coefficient (Wildman–Crippen LogP) is 2.49. The van der Waals surface area contributed by atoms with E-state index in [1.54, 1.807) is 0 Å². The number of hydrogen-bond acceptors (Lipinski definition) is 3.